The zero-order chi connectivity index (χ0) is 17.6. The predicted molar refractivity (Wildman–Crippen MR) is 68.7 cm³/mol. The molecule has 2 saturated heterocycles. The minimum Gasteiger partial charge on any atom is -0.394 e. The van der Waals surface area contributed by atoms with E-state index in [1.807, 2.05) is 0 Å². The molecule has 2 fully saturated rings. The van der Waals surface area contributed by atoms with Gasteiger partial charge in [-0.1, -0.05) is 0 Å². The Kier molecular flexibility index (Phi) is 5.31. The molecule has 9 N–H and O–H groups in total. The Morgan fingerprint density at radius 1 is 0.826 bits per heavy atom. The molecular formula is C12H22O11. The first-order valence-electron chi connectivity index (χ1n) is 6.99. The molecule has 0 spiro atoms. The van der Waals surface area contributed by atoms with Gasteiger partial charge in [-0.2, -0.15) is 0 Å². The van der Waals surface area contributed by atoms with Crippen molar-refractivity contribution >= 4 is 0 Å². The molecule has 0 bridgehead atoms. The van der Waals surface area contributed by atoms with Crippen molar-refractivity contribution in [1.29, 1.82) is 0 Å². The highest BCUT2D eigenvalue weighted by atomic mass is 16.7. The van der Waals surface area contributed by atoms with Crippen molar-refractivity contribution in [3.8, 4) is 0 Å². The first-order chi connectivity index (χ1) is 10.6. The summed E-state index contributed by atoms with van der Waals surface area (Å²) in [6, 6.07) is 0. The van der Waals surface area contributed by atoms with E-state index >= 15 is 0 Å². The molecule has 0 saturated carbocycles. The summed E-state index contributed by atoms with van der Waals surface area (Å²) in [6.07, 6.45) is -13.2. The number of ether oxygens (including phenoxy) is 2. The van der Waals surface area contributed by atoms with Crippen LogP contribution in [0, 0.1) is 0 Å². The summed E-state index contributed by atoms with van der Waals surface area (Å²) in [5.74, 6) is 0. The van der Waals surface area contributed by atoms with Crippen LogP contribution in [0.2, 0.25) is 0 Å². The van der Waals surface area contributed by atoms with Gasteiger partial charge >= 0.3 is 0 Å². The average Bonchev–Trinajstić information content (AvgIpc) is 2.54. The normalized spacial score (nSPS) is 54.9. The van der Waals surface area contributed by atoms with Crippen molar-refractivity contribution in [2.75, 3.05) is 19.8 Å². The fourth-order valence-electron chi connectivity index (χ4n) is 3.00. The van der Waals surface area contributed by atoms with Crippen LogP contribution in [0.25, 0.3) is 0 Å². The van der Waals surface area contributed by atoms with Crippen molar-refractivity contribution in [2.24, 2.45) is 0 Å². The molecule has 0 aromatic carbocycles. The molecule has 136 valence electrons. The van der Waals surface area contributed by atoms with Crippen LogP contribution in [0.15, 0.2) is 0 Å². The quantitative estimate of drug-likeness (QED) is 0.236. The summed E-state index contributed by atoms with van der Waals surface area (Å²) < 4.78 is 9.73. The van der Waals surface area contributed by atoms with Gasteiger partial charge in [-0.3, -0.25) is 0 Å². The highest BCUT2D eigenvalue weighted by Gasteiger charge is 2.70. The lowest BCUT2D eigenvalue weighted by atomic mass is 9.68. The second-order valence-electron chi connectivity index (χ2n) is 5.86. The van der Waals surface area contributed by atoms with Crippen molar-refractivity contribution < 1.29 is 55.4 Å². The molecule has 0 aromatic heterocycles. The second kappa shape index (κ2) is 6.46. The number of hydrogen-bond acceptors (Lipinski definition) is 11. The molecule has 11 heteroatoms. The van der Waals surface area contributed by atoms with Crippen LogP contribution < -0.4 is 0 Å². The van der Waals surface area contributed by atoms with E-state index in [1.54, 1.807) is 0 Å². The molecule has 0 unspecified atom stereocenters. The zero-order valence-electron chi connectivity index (χ0n) is 12.0. The smallest absolute Gasteiger partial charge is 0.190 e. The van der Waals surface area contributed by atoms with Crippen LogP contribution in [0.5, 0.6) is 0 Å². The molecular weight excluding hydrogens is 320 g/mol. The SMILES string of the molecule is OC[C@H]1O[C@H](O)[C@](O)([C@@]2(O)CO[C@H](CO)[C@H](O)[C@@H]2O)[C@@H](O)[C@@H]1O. The lowest BCUT2D eigenvalue weighted by Crippen LogP contribution is -2.82. The van der Waals surface area contributed by atoms with Gasteiger partial charge in [0.2, 0.25) is 0 Å². The Bertz CT molecular complexity index is 422. The summed E-state index contributed by atoms with van der Waals surface area (Å²) in [5, 5.41) is 89.0. The van der Waals surface area contributed by atoms with E-state index in [0.717, 1.165) is 0 Å². The molecule has 11 nitrogen and oxygen atoms in total. The molecule has 2 aliphatic rings. The maximum Gasteiger partial charge on any atom is 0.190 e. The molecule has 23 heavy (non-hydrogen) atoms. The van der Waals surface area contributed by atoms with E-state index < -0.39 is 73.9 Å². The third kappa shape index (κ3) is 2.58. The Labute approximate surface area is 130 Å². The van der Waals surface area contributed by atoms with E-state index in [-0.39, 0.29) is 0 Å². The van der Waals surface area contributed by atoms with Crippen LogP contribution in [-0.4, -0.2) is 120 Å². The average molecular weight is 342 g/mol. The van der Waals surface area contributed by atoms with Gasteiger partial charge in [0, 0.05) is 0 Å². The molecule has 2 heterocycles. The summed E-state index contributed by atoms with van der Waals surface area (Å²) in [6.45, 7) is -2.37. The van der Waals surface area contributed by atoms with Crippen molar-refractivity contribution in [3.63, 3.8) is 0 Å². The van der Waals surface area contributed by atoms with Crippen LogP contribution in [-0.2, 0) is 9.47 Å². The lowest BCUT2D eigenvalue weighted by molar-refractivity contribution is -0.399. The Hall–Kier alpha value is -0.440. The molecule has 9 atom stereocenters. The standard InChI is InChI=1S/C12H22O11/c13-1-4-6(15)8(17)11(20,3-22-4)12(21)9(18)7(16)5(2-14)23-10(12)19/h4-10,13-21H,1-3H2/t4-,5-,6+,7-,8+,9+,10+,11-,12+/m1/s1. The van der Waals surface area contributed by atoms with Gasteiger partial charge in [0.25, 0.3) is 0 Å². The van der Waals surface area contributed by atoms with Gasteiger partial charge in [-0.25, -0.2) is 0 Å². The van der Waals surface area contributed by atoms with Gasteiger partial charge in [0.1, 0.15) is 36.6 Å². The van der Waals surface area contributed by atoms with Gasteiger partial charge in [-0.15, -0.1) is 0 Å². The molecule has 2 rings (SSSR count). The second-order valence-corrected chi connectivity index (χ2v) is 5.86. The number of aliphatic hydroxyl groups excluding tert-OH is 7. The largest absolute Gasteiger partial charge is 0.394 e. The predicted octanol–water partition coefficient (Wildman–Crippen LogP) is -6.01. The van der Waals surface area contributed by atoms with Crippen LogP contribution in [0.4, 0.5) is 0 Å². The third-order valence-corrected chi connectivity index (χ3v) is 4.60. The maximum atomic E-state index is 10.6. The van der Waals surface area contributed by atoms with Crippen LogP contribution in [0.1, 0.15) is 0 Å². The topological polar surface area (TPSA) is 201 Å². The highest BCUT2D eigenvalue weighted by molar-refractivity contribution is 5.17. The van der Waals surface area contributed by atoms with E-state index in [9.17, 15) is 35.7 Å². The van der Waals surface area contributed by atoms with Crippen molar-refractivity contribution in [3.05, 3.63) is 0 Å². The first kappa shape index (κ1) is 18.9. The summed E-state index contributed by atoms with van der Waals surface area (Å²) in [7, 11) is 0. The van der Waals surface area contributed by atoms with Gasteiger partial charge in [-0.05, 0) is 0 Å². The summed E-state index contributed by atoms with van der Waals surface area (Å²) in [4.78, 5) is 0. The molecule has 0 radical (unpaired) electrons. The van der Waals surface area contributed by atoms with Gasteiger partial charge in [0.15, 0.2) is 17.5 Å². The Morgan fingerprint density at radius 2 is 1.35 bits per heavy atom. The molecule has 0 aromatic rings. The minimum absolute atomic E-state index is 0.691. The van der Waals surface area contributed by atoms with Crippen LogP contribution in [0.3, 0.4) is 0 Å². The highest BCUT2D eigenvalue weighted by Crippen LogP contribution is 2.42. The van der Waals surface area contributed by atoms with E-state index in [0.29, 0.717) is 0 Å². The van der Waals surface area contributed by atoms with Gasteiger partial charge < -0.3 is 55.4 Å². The number of hydrogen-bond donors (Lipinski definition) is 9. The molecule has 0 aliphatic carbocycles. The van der Waals surface area contributed by atoms with Crippen molar-refractivity contribution in [1.82, 2.24) is 0 Å². The van der Waals surface area contributed by atoms with Gasteiger partial charge in [0.05, 0.1) is 19.8 Å². The zero-order valence-corrected chi connectivity index (χ0v) is 12.0. The van der Waals surface area contributed by atoms with E-state index in [4.69, 9.17) is 19.7 Å². The summed E-state index contributed by atoms with van der Waals surface area (Å²) in [5.41, 5.74) is -5.88. The van der Waals surface area contributed by atoms with Crippen LogP contribution >= 0.6 is 0 Å². The minimum atomic E-state index is -3.04. The number of rotatable bonds is 3. The third-order valence-electron chi connectivity index (χ3n) is 4.60. The fraction of sp³-hybridized carbons (Fsp3) is 1.00. The van der Waals surface area contributed by atoms with E-state index in [2.05, 4.69) is 0 Å². The lowest BCUT2D eigenvalue weighted by Gasteiger charge is -2.56. The Morgan fingerprint density at radius 3 is 1.87 bits per heavy atom. The maximum absolute atomic E-state index is 10.6. The number of aliphatic hydroxyl groups is 9. The first-order valence-corrected chi connectivity index (χ1v) is 6.99. The Balaban J connectivity index is 2.37. The van der Waals surface area contributed by atoms with E-state index in [1.165, 1.54) is 0 Å². The monoisotopic (exact) mass is 342 g/mol. The van der Waals surface area contributed by atoms with Crippen molar-refractivity contribution in [2.45, 2.75) is 54.1 Å². The fourth-order valence-corrected chi connectivity index (χ4v) is 3.00. The summed E-state index contributed by atoms with van der Waals surface area (Å²) >= 11 is 0. The molecule has 2 aliphatic heterocycles. The molecule has 0 amide bonds.